The fourth-order valence-corrected chi connectivity index (χ4v) is 3.41. The van der Waals surface area contributed by atoms with Crippen LogP contribution in [0.15, 0.2) is 42.7 Å². The van der Waals surface area contributed by atoms with E-state index in [4.69, 9.17) is 0 Å². The van der Waals surface area contributed by atoms with Gasteiger partial charge in [-0.2, -0.15) is 5.10 Å². The zero-order valence-electron chi connectivity index (χ0n) is 15.3. The number of pyridine rings is 1. The summed E-state index contributed by atoms with van der Waals surface area (Å²) in [5, 5.41) is 20.0. The molecule has 1 saturated carbocycles. The summed E-state index contributed by atoms with van der Waals surface area (Å²) in [5.41, 5.74) is 2.47. The molecule has 0 aliphatic heterocycles. The lowest BCUT2D eigenvalue weighted by Gasteiger charge is -2.17. The van der Waals surface area contributed by atoms with Crippen molar-refractivity contribution in [3.8, 4) is 0 Å². The minimum Gasteiger partial charge on any atom is -0.394 e. The van der Waals surface area contributed by atoms with E-state index in [0.717, 1.165) is 18.5 Å². The summed E-state index contributed by atoms with van der Waals surface area (Å²) in [4.78, 5) is 8.59. The quantitative estimate of drug-likeness (QED) is 0.463. The van der Waals surface area contributed by atoms with Crippen LogP contribution in [0.25, 0.3) is 11.2 Å². The normalized spacial score (nSPS) is 15.0. The van der Waals surface area contributed by atoms with E-state index in [1.54, 1.807) is 16.7 Å². The van der Waals surface area contributed by atoms with Crippen molar-refractivity contribution in [1.82, 2.24) is 24.7 Å². The molecule has 0 bridgehead atoms. The van der Waals surface area contributed by atoms with Gasteiger partial charge in [-0.1, -0.05) is 12.1 Å². The van der Waals surface area contributed by atoms with E-state index in [1.165, 1.54) is 24.5 Å². The highest BCUT2D eigenvalue weighted by molar-refractivity contribution is 5.75. The molecule has 7 nitrogen and oxygen atoms in total. The molecule has 4 aromatic rings. The van der Waals surface area contributed by atoms with Crippen LogP contribution in [-0.2, 0) is 0 Å². The van der Waals surface area contributed by atoms with Crippen LogP contribution < -0.4 is 5.32 Å². The lowest BCUT2D eigenvalue weighted by Crippen LogP contribution is -2.14. The zero-order valence-corrected chi connectivity index (χ0v) is 15.3. The van der Waals surface area contributed by atoms with E-state index in [1.807, 2.05) is 6.07 Å². The second-order valence-electron chi connectivity index (χ2n) is 7.17. The van der Waals surface area contributed by atoms with E-state index in [0.29, 0.717) is 28.5 Å². The molecule has 1 fully saturated rings. The molecule has 0 radical (unpaired) electrons. The number of hydrogen-bond donors (Lipinski definition) is 3. The van der Waals surface area contributed by atoms with E-state index in [9.17, 15) is 13.9 Å². The molecule has 1 aliphatic carbocycles. The Kier molecular flexibility index (Phi) is 4.24. The summed E-state index contributed by atoms with van der Waals surface area (Å²) in [6, 6.07) is 8.45. The Morgan fingerprint density at radius 1 is 1.21 bits per heavy atom. The molecule has 148 valence electrons. The minimum absolute atomic E-state index is 0.0175. The SMILES string of the molecule is OC[C@@H](c1ccc(F)cc1)n1cnc2cc(F)c(Nc3cc(C4CC4)[nH]n3)nc21. The number of aromatic nitrogens is 5. The highest BCUT2D eigenvalue weighted by atomic mass is 19.1. The van der Waals surface area contributed by atoms with Gasteiger partial charge in [-0.3, -0.25) is 5.10 Å². The third kappa shape index (κ3) is 3.33. The largest absolute Gasteiger partial charge is 0.394 e. The van der Waals surface area contributed by atoms with E-state index in [2.05, 4.69) is 25.5 Å². The first kappa shape index (κ1) is 17.7. The average Bonchev–Trinajstić information content (AvgIpc) is 3.34. The van der Waals surface area contributed by atoms with Gasteiger partial charge < -0.3 is 15.0 Å². The maximum absolute atomic E-state index is 14.5. The smallest absolute Gasteiger partial charge is 0.170 e. The van der Waals surface area contributed by atoms with Crippen LogP contribution in [0.2, 0.25) is 0 Å². The summed E-state index contributed by atoms with van der Waals surface area (Å²) >= 11 is 0. The van der Waals surface area contributed by atoms with Crippen LogP contribution in [0.5, 0.6) is 0 Å². The highest BCUT2D eigenvalue weighted by Crippen LogP contribution is 2.39. The van der Waals surface area contributed by atoms with Gasteiger partial charge in [0.25, 0.3) is 0 Å². The van der Waals surface area contributed by atoms with Crippen LogP contribution in [-0.4, -0.2) is 36.4 Å². The lowest BCUT2D eigenvalue weighted by atomic mass is 10.1. The summed E-state index contributed by atoms with van der Waals surface area (Å²) in [7, 11) is 0. The Morgan fingerprint density at radius 3 is 2.72 bits per heavy atom. The van der Waals surface area contributed by atoms with Gasteiger partial charge in [0.1, 0.15) is 11.3 Å². The van der Waals surface area contributed by atoms with Crippen LogP contribution in [0, 0.1) is 11.6 Å². The first-order chi connectivity index (χ1) is 14.1. The first-order valence-electron chi connectivity index (χ1n) is 9.34. The number of aliphatic hydroxyl groups is 1. The maximum atomic E-state index is 14.5. The van der Waals surface area contributed by atoms with Crippen molar-refractivity contribution in [2.75, 3.05) is 11.9 Å². The van der Waals surface area contributed by atoms with Crippen LogP contribution in [0.1, 0.15) is 36.1 Å². The second kappa shape index (κ2) is 6.93. The van der Waals surface area contributed by atoms with Gasteiger partial charge in [0.05, 0.1) is 19.0 Å². The molecule has 3 heterocycles. The number of halogens is 2. The van der Waals surface area contributed by atoms with Gasteiger partial charge in [-0.05, 0) is 30.5 Å². The molecular formula is C20H18F2N6O. The standard InChI is InChI=1S/C20H18F2N6O/c21-13-5-3-12(4-6-13)17(9-29)28-10-23-16-7-14(22)19(25-20(16)28)24-18-8-15(26-27-18)11-1-2-11/h3-8,10-11,17,29H,1-2,9H2,(H2,24,25,26,27)/t17-/m0/s1. The van der Waals surface area contributed by atoms with Crippen molar-refractivity contribution < 1.29 is 13.9 Å². The molecule has 0 unspecified atom stereocenters. The number of anilines is 2. The van der Waals surface area contributed by atoms with E-state index >= 15 is 0 Å². The molecule has 5 rings (SSSR count). The predicted octanol–water partition coefficient (Wildman–Crippen LogP) is 3.64. The number of hydrogen-bond acceptors (Lipinski definition) is 5. The van der Waals surface area contributed by atoms with Crippen molar-refractivity contribution >= 4 is 22.8 Å². The lowest BCUT2D eigenvalue weighted by molar-refractivity contribution is 0.251. The van der Waals surface area contributed by atoms with Crippen molar-refractivity contribution in [1.29, 1.82) is 0 Å². The number of nitrogens with one attached hydrogen (secondary N) is 2. The topological polar surface area (TPSA) is 91.7 Å². The van der Waals surface area contributed by atoms with Crippen molar-refractivity contribution in [3.63, 3.8) is 0 Å². The molecule has 0 spiro atoms. The van der Waals surface area contributed by atoms with Gasteiger partial charge in [-0.25, -0.2) is 18.7 Å². The van der Waals surface area contributed by atoms with Gasteiger partial charge in [0.15, 0.2) is 23.1 Å². The fourth-order valence-electron chi connectivity index (χ4n) is 3.41. The Bertz CT molecular complexity index is 1170. The Labute approximate surface area is 164 Å². The molecule has 3 aromatic heterocycles. The Morgan fingerprint density at radius 2 is 2.00 bits per heavy atom. The van der Waals surface area contributed by atoms with Gasteiger partial charge in [0.2, 0.25) is 0 Å². The average molecular weight is 396 g/mol. The molecule has 0 saturated heterocycles. The Balaban J connectivity index is 1.51. The molecule has 1 aliphatic rings. The maximum Gasteiger partial charge on any atom is 0.170 e. The van der Waals surface area contributed by atoms with Gasteiger partial charge in [-0.15, -0.1) is 0 Å². The number of nitrogens with zero attached hydrogens (tertiary/aromatic N) is 4. The summed E-state index contributed by atoms with van der Waals surface area (Å²) < 4.78 is 29.4. The highest BCUT2D eigenvalue weighted by Gasteiger charge is 2.26. The van der Waals surface area contributed by atoms with Crippen LogP contribution >= 0.6 is 0 Å². The molecule has 9 heteroatoms. The molecule has 3 N–H and O–H groups in total. The molecule has 29 heavy (non-hydrogen) atoms. The van der Waals surface area contributed by atoms with E-state index in [-0.39, 0.29) is 18.2 Å². The summed E-state index contributed by atoms with van der Waals surface area (Å²) in [6.45, 7) is -0.247. The number of benzene rings is 1. The third-order valence-corrected chi connectivity index (χ3v) is 5.13. The summed E-state index contributed by atoms with van der Waals surface area (Å²) in [5.74, 6) is 0.0869. The van der Waals surface area contributed by atoms with Crippen LogP contribution in [0.4, 0.5) is 20.4 Å². The van der Waals surface area contributed by atoms with Crippen molar-refractivity contribution in [2.24, 2.45) is 0 Å². The second-order valence-corrected chi connectivity index (χ2v) is 7.17. The third-order valence-electron chi connectivity index (χ3n) is 5.13. The molecule has 0 amide bonds. The van der Waals surface area contributed by atoms with E-state index < -0.39 is 11.9 Å². The number of aliphatic hydroxyl groups excluding tert-OH is 1. The monoisotopic (exact) mass is 396 g/mol. The van der Waals surface area contributed by atoms with Crippen LogP contribution in [0.3, 0.4) is 0 Å². The molecule has 1 aromatic carbocycles. The molecular weight excluding hydrogens is 378 g/mol. The summed E-state index contributed by atoms with van der Waals surface area (Å²) in [6.07, 6.45) is 3.75. The minimum atomic E-state index is -0.555. The fraction of sp³-hybridized carbons (Fsp3) is 0.250. The van der Waals surface area contributed by atoms with Crippen molar-refractivity contribution in [2.45, 2.75) is 24.8 Å². The number of fused-ring (bicyclic) bond motifs is 1. The first-order valence-corrected chi connectivity index (χ1v) is 9.34. The number of imidazole rings is 1. The van der Waals surface area contributed by atoms with Crippen molar-refractivity contribution in [3.05, 3.63) is 65.6 Å². The number of rotatable bonds is 6. The molecule has 1 atom stereocenters. The Hall–Kier alpha value is -3.33. The predicted molar refractivity (Wildman–Crippen MR) is 103 cm³/mol. The van der Waals surface area contributed by atoms with Gasteiger partial charge in [0, 0.05) is 23.7 Å². The number of H-pyrrole nitrogens is 1. The van der Waals surface area contributed by atoms with Gasteiger partial charge >= 0.3 is 0 Å². The zero-order chi connectivity index (χ0) is 20.0. The number of aromatic amines is 1.